The second-order valence-corrected chi connectivity index (χ2v) is 3.36. The summed E-state index contributed by atoms with van der Waals surface area (Å²) >= 11 is 0. The fraction of sp³-hybridized carbons (Fsp3) is 1.00. The minimum Gasteiger partial charge on any atom is -0.326 e. The SMILES string of the molecule is CNN1CC(N)CC(C(F)(F)F)C1. The zero-order chi connectivity index (χ0) is 10.1. The number of nitrogens with zero attached hydrogens (tertiary/aromatic N) is 1. The highest BCUT2D eigenvalue weighted by Gasteiger charge is 2.43. The standard InChI is InChI=1S/C7H14F3N3/c1-12-13-3-5(7(8,9)10)2-6(11)4-13/h5-6,12H,2-4,11H2,1H3. The van der Waals surface area contributed by atoms with E-state index in [9.17, 15) is 13.2 Å². The molecule has 78 valence electrons. The summed E-state index contributed by atoms with van der Waals surface area (Å²) < 4.78 is 36.9. The van der Waals surface area contributed by atoms with Crippen molar-refractivity contribution in [1.82, 2.24) is 10.4 Å². The lowest BCUT2D eigenvalue weighted by Gasteiger charge is -2.36. The molecule has 0 saturated carbocycles. The molecule has 1 saturated heterocycles. The predicted molar refractivity (Wildman–Crippen MR) is 42.8 cm³/mol. The maximum atomic E-state index is 12.3. The van der Waals surface area contributed by atoms with Gasteiger partial charge in [0.2, 0.25) is 0 Å². The Morgan fingerprint density at radius 2 is 2.00 bits per heavy atom. The van der Waals surface area contributed by atoms with Gasteiger partial charge in [0.05, 0.1) is 5.92 Å². The molecular weight excluding hydrogens is 183 g/mol. The van der Waals surface area contributed by atoms with Gasteiger partial charge in [-0.05, 0) is 13.5 Å². The molecule has 1 heterocycles. The number of hydrazine groups is 1. The van der Waals surface area contributed by atoms with Crippen molar-refractivity contribution in [2.24, 2.45) is 11.7 Å². The monoisotopic (exact) mass is 197 g/mol. The fourth-order valence-corrected chi connectivity index (χ4v) is 1.56. The van der Waals surface area contributed by atoms with Gasteiger partial charge in [0, 0.05) is 19.1 Å². The van der Waals surface area contributed by atoms with Crippen molar-refractivity contribution in [1.29, 1.82) is 0 Å². The largest absolute Gasteiger partial charge is 0.393 e. The van der Waals surface area contributed by atoms with Crippen LogP contribution in [0.1, 0.15) is 6.42 Å². The lowest BCUT2D eigenvalue weighted by atomic mass is 9.95. The van der Waals surface area contributed by atoms with E-state index in [2.05, 4.69) is 5.43 Å². The van der Waals surface area contributed by atoms with Gasteiger partial charge in [-0.2, -0.15) is 13.2 Å². The van der Waals surface area contributed by atoms with Gasteiger partial charge < -0.3 is 5.73 Å². The summed E-state index contributed by atoms with van der Waals surface area (Å²) in [7, 11) is 1.60. The van der Waals surface area contributed by atoms with E-state index in [-0.39, 0.29) is 13.0 Å². The minimum absolute atomic E-state index is 0.00625. The first-order valence-corrected chi connectivity index (χ1v) is 4.18. The lowest BCUT2D eigenvalue weighted by molar-refractivity contribution is -0.190. The average molecular weight is 197 g/mol. The summed E-state index contributed by atoms with van der Waals surface area (Å²) in [5, 5.41) is 1.51. The van der Waals surface area contributed by atoms with Gasteiger partial charge in [0.15, 0.2) is 0 Å². The molecule has 0 bridgehead atoms. The van der Waals surface area contributed by atoms with Crippen molar-refractivity contribution in [3.8, 4) is 0 Å². The molecule has 0 spiro atoms. The van der Waals surface area contributed by atoms with E-state index in [1.807, 2.05) is 0 Å². The fourth-order valence-electron chi connectivity index (χ4n) is 1.56. The van der Waals surface area contributed by atoms with Gasteiger partial charge in [0.1, 0.15) is 0 Å². The molecule has 0 aromatic heterocycles. The lowest BCUT2D eigenvalue weighted by Crippen LogP contribution is -2.54. The average Bonchev–Trinajstić information content (AvgIpc) is 2.01. The number of rotatable bonds is 1. The Morgan fingerprint density at radius 1 is 1.38 bits per heavy atom. The third kappa shape index (κ3) is 2.82. The molecule has 0 radical (unpaired) electrons. The Morgan fingerprint density at radius 3 is 2.46 bits per heavy atom. The molecule has 2 unspecified atom stereocenters. The van der Waals surface area contributed by atoms with Crippen LogP contribution in [0.5, 0.6) is 0 Å². The summed E-state index contributed by atoms with van der Waals surface area (Å²) in [5.74, 6) is -1.30. The van der Waals surface area contributed by atoms with E-state index in [1.54, 1.807) is 7.05 Å². The van der Waals surface area contributed by atoms with Crippen molar-refractivity contribution in [3.05, 3.63) is 0 Å². The molecule has 3 N–H and O–H groups in total. The molecular formula is C7H14F3N3. The Balaban J connectivity index is 2.57. The number of halogens is 3. The number of hydrogen-bond donors (Lipinski definition) is 2. The molecule has 1 rings (SSSR count). The van der Waals surface area contributed by atoms with Crippen LogP contribution in [-0.4, -0.2) is 37.4 Å². The molecule has 1 aliphatic heterocycles. The van der Waals surface area contributed by atoms with Crippen LogP contribution in [0.4, 0.5) is 13.2 Å². The highest BCUT2D eigenvalue weighted by atomic mass is 19.4. The molecule has 0 aliphatic carbocycles. The Kier molecular flexibility index (Phi) is 3.15. The number of piperidine rings is 1. The zero-order valence-corrected chi connectivity index (χ0v) is 7.43. The second-order valence-electron chi connectivity index (χ2n) is 3.36. The van der Waals surface area contributed by atoms with E-state index < -0.39 is 18.1 Å². The summed E-state index contributed by atoms with van der Waals surface area (Å²) in [6, 6.07) is -0.396. The maximum absolute atomic E-state index is 12.3. The smallest absolute Gasteiger partial charge is 0.326 e. The Bertz CT molecular complexity index is 171. The third-order valence-electron chi connectivity index (χ3n) is 2.26. The van der Waals surface area contributed by atoms with Gasteiger partial charge in [-0.25, -0.2) is 5.01 Å². The van der Waals surface area contributed by atoms with E-state index >= 15 is 0 Å². The van der Waals surface area contributed by atoms with Gasteiger partial charge in [-0.15, -0.1) is 0 Å². The molecule has 0 amide bonds. The van der Waals surface area contributed by atoms with Gasteiger partial charge in [-0.3, -0.25) is 5.43 Å². The van der Waals surface area contributed by atoms with E-state index in [0.717, 1.165) is 0 Å². The first-order valence-electron chi connectivity index (χ1n) is 4.18. The first-order chi connectivity index (χ1) is 5.93. The van der Waals surface area contributed by atoms with Gasteiger partial charge in [-0.1, -0.05) is 0 Å². The van der Waals surface area contributed by atoms with Crippen molar-refractivity contribution in [3.63, 3.8) is 0 Å². The first kappa shape index (κ1) is 10.7. The van der Waals surface area contributed by atoms with Crippen LogP contribution in [0.25, 0.3) is 0 Å². The molecule has 2 atom stereocenters. The second kappa shape index (κ2) is 3.81. The van der Waals surface area contributed by atoms with Gasteiger partial charge in [0.25, 0.3) is 0 Å². The summed E-state index contributed by atoms with van der Waals surface area (Å²) in [4.78, 5) is 0. The molecule has 0 aromatic rings. The number of nitrogens with two attached hydrogens (primary N) is 1. The van der Waals surface area contributed by atoms with E-state index in [4.69, 9.17) is 5.73 Å². The molecule has 6 heteroatoms. The normalized spacial score (nSPS) is 32.1. The van der Waals surface area contributed by atoms with Crippen molar-refractivity contribution < 1.29 is 13.2 Å². The van der Waals surface area contributed by atoms with Crippen LogP contribution in [0, 0.1) is 5.92 Å². The quantitative estimate of drug-likeness (QED) is 0.636. The zero-order valence-electron chi connectivity index (χ0n) is 7.43. The summed E-state index contributed by atoms with van der Waals surface area (Å²) in [6.07, 6.45) is -4.10. The van der Waals surface area contributed by atoms with Crippen LogP contribution in [0.2, 0.25) is 0 Å². The maximum Gasteiger partial charge on any atom is 0.393 e. The van der Waals surface area contributed by atoms with E-state index in [1.165, 1.54) is 5.01 Å². The van der Waals surface area contributed by atoms with Gasteiger partial charge >= 0.3 is 6.18 Å². The van der Waals surface area contributed by atoms with Crippen LogP contribution in [-0.2, 0) is 0 Å². The van der Waals surface area contributed by atoms with Crippen LogP contribution in [0.15, 0.2) is 0 Å². The number of alkyl halides is 3. The Hall–Kier alpha value is -0.330. The van der Waals surface area contributed by atoms with Crippen molar-refractivity contribution in [2.45, 2.75) is 18.6 Å². The third-order valence-corrected chi connectivity index (χ3v) is 2.26. The Labute approximate surface area is 75.0 Å². The topological polar surface area (TPSA) is 41.3 Å². The molecule has 0 aromatic carbocycles. The van der Waals surface area contributed by atoms with Crippen LogP contribution in [0.3, 0.4) is 0 Å². The summed E-state index contributed by atoms with van der Waals surface area (Å²) in [6.45, 7) is 0.469. The van der Waals surface area contributed by atoms with Crippen LogP contribution < -0.4 is 11.2 Å². The van der Waals surface area contributed by atoms with E-state index in [0.29, 0.717) is 6.54 Å². The van der Waals surface area contributed by atoms with Crippen LogP contribution >= 0.6 is 0 Å². The highest BCUT2D eigenvalue weighted by molar-refractivity contribution is 4.83. The minimum atomic E-state index is -4.13. The molecule has 1 fully saturated rings. The summed E-state index contributed by atoms with van der Waals surface area (Å²) in [5.41, 5.74) is 8.20. The number of hydrogen-bond acceptors (Lipinski definition) is 3. The van der Waals surface area contributed by atoms with Crippen molar-refractivity contribution in [2.75, 3.05) is 20.1 Å². The molecule has 3 nitrogen and oxygen atoms in total. The number of nitrogens with one attached hydrogen (secondary N) is 1. The molecule has 13 heavy (non-hydrogen) atoms. The predicted octanol–water partition coefficient (Wildman–Crippen LogP) is 0.332. The highest BCUT2D eigenvalue weighted by Crippen LogP contribution is 2.32. The molecule has 1 aliphatic rings. The van der Waals surface area contributed by atoms with Crippen molar-refractivity contribution >= 4 is 0 Å².